The van der Waals surface area contributed by atoms with Crippen molar-refractivity contribution in [1.82, 2.24) is 13.6 Å². The van der Waals surface area contributed by atoms with E-state index in [1.54, 1.807) is 0 Å². The van der Waals surface area contributed by atoms with Gasteiger partial charge in [-0.3, -0.25) is 0 Å². The van der Waals surface area contributed by atoms with Gasteiger partial charge in [-0.05, 0) is 35.6 Å². The Labute approximate surface area is 153 Å². The topological polar surface area (TPSA) is 54.3 Å². The molecule has 7 heteroatoms. The molecule has 0 radical (unpaired) electrons. The number of aromatic nitrogens is 1. The van der Waals surface area contributed by atoms with Crippen molar-refractivity contribution >= 4 is 37.0 Å². The van der Waals surface area contributed by atoms with Gasteiger partial charge >= 0.3 is 0 Å². The van der Waals surface area contributed by atoms with Crippen LogP contribution in [0.15, 0.2) is 28.9 Å². The molecule has 0 aliphatic heterocycles. The molecular formula is C17H26BrN3O2S. The van der Waals surface area contributed by atoms with E-state index < -0.39 is 10.2 Å². The predicted molar refractivity (Wildman–Crippen MR) is 103 cm³/mol. The number of halogens is 1. The lowest BCUT2D eigenvalue weighted by Crippen LogP contribution is -2.37. The second kappa shape index (κ2) is 7.15. The molecule has 24 heavy (non-hydrogen) atoms. The lowest BCUT2D eigenvalue weighted by Gasteiger charge is -2.17. The largest absolute Gasteiger partial charge is 0.346 e. The van der Waals surface area contributed by atoms with Gasteiger partial charge in [0.05, 0.1) is 0 Å². The highest BCUT2D eigenvalue weighted by Gasteiger charge is 2.17. The van der Waals surface area contributed by atoms with Crippen molar-refractivity contribution in [1.29, 1.82) is 0 Å². The molecule has 0 bridgehead atoms. The Morgan fingerprint density at radius 2 is 1.92 bits per heavy atom. The molecule has 1 aromatic carbocycles. The van der Waals surface area contributed by atoms with Crippen LogP contribution < -0.4 is 4.72 Å². The third kappa shape index (κ3) is 4.81. The van der Waals surface area contributed by atoms with Gasteiger partial charge in [0.2, 0.25) is 0 Å². The first-order valence-electron chi connectivity index (χ1n) is 7.94. The fraction of sp³-hybridized carbons (Fsp3) is 0.529. The van der Waals surface area contributed by atoms with Crippen LogP contribution in [-0.2, 0) is 23.2 Å². The molecule has 0 saturated carbocycles. The average Bonchev–Trinajstić information content (AvgIpc) is 2.74. The minimum Gasteiger partial charge on any atom is -0.346 e. The molecule has 0 atom stereocenters. The zero-order valence-corrected chi connectivity index (χ0v) is 17.3. The second-order valence-electron chi connectivity index (χ2n) is 7.43. The highest BCUT2D eigenvalue weighted by molar-refractivity contribution is 9.10. The van der Waals surface area contributed by atoms with Crippen molar-refractivity contribution in [2.45, 2.75) is 33.7 Å². The molecular weight excluding hydrogens is 390 g/mol. The highest BCUT2D eigenvalue weighted by atomic mass is 79.9. The number of hydrogen-bond acceptors (Lipinski definition) is 2. The number of nitrogens with one attached hydrogen (secondary N) is 1. The molecule has 0 unspecified atom stereocenters. The summed E-state index contributed by atoms with van der Waals surface area (Å²) in [5, 5.41) is 1.22. The number of benzene rings is 1. The maximum atomic E-state index is 11.8. The summed E-state index contributed by atoms with van der Waals surface area (Å²) < 4.78 is 30.6. The van der Waals surface area contributed by atoms with Gasteiger partial charge in [-0.15, -0.1) is 0 Å². The zero-order chi connectivity index (χ0) is 18.1. The first-order chi connectivity index (χ1) is 11.0. The van der Waals surface area contributed by atoms with Crippen molar-refractivity contribution in [3.63, 3.8) is 0 Å². The normalized spacial score (nSPS) is 13.1. The molecule has 0 fully saturated rings. The Hall–Kier alpha value is -0.890. The van der Waals surface area contributed by atoms with Gasteiger partial charge in [0, 0.05) is 48.8 Å². The maximum absolute atomic E-state index is 11.8. The SMILES string of the molecule is CN(C)S(=O)(=O)NCCn1cc(CC(C)(C)C)c2cc(Br)ccc21. The number of fused-ring (bicyclic) bond motifs is 1. The van der Waals surface area contributed by atoms with Crippen LogP contribution in [0, 0.1) is 5.41 Å². The van der Waals surface area contributed by atoms with Crippen LogP contribution in [0.1, 0.15) is 26.3 Å². The molecule has 2 rings (SSSR count). The fourth-order valence-corrected chi connectivity index (χ4v) is 3.63. The van der Waals surface area contributed by atoms with Gasteiger partial charge in [0.25, 0.3) is 10.2 Å². The van der Waals surface area contributed by atoms with E-state index in [0.717, 1.165) is 16.4 Å². The molecule has 0 spiro atoms. The van der Waals surface area contributed by atoms with Gasteiger partial charge in [0.1, 0.15) is 0 Å². The summed E-state index contributed by atoms with van der Waals surface area (Å²) in [5.41, 5.74) is 2.60. The summed E-state index contributed by atoms with van der Waals surface area (Å²) in [7, 11) is -0.347. The molecule has 0 aliphatic rings. The lowest BCUT2D eigenvalue weighted by molar-refractivity contribution is 0.412. The zero-order valence-electron chi connectivity index (χ0n) is 14.9. The molecule has 1 heterocycles. The Morgan fingerprint density at radius 1 is 1.25 bits per heavy atom. The van der Waals surface area contributed by atoms with E-state index in [-0.39, 0.29) is 5.41 Å². The van der Waals surface area contributed by atoms with E-state index in [0.29, 0.717) is 13.1 Å². The predicted octanol–water partition coefficient (Wildman–Crippen LogP) is 3.39. The Balaban J connectivity index is 2.27. The number of hydrogen-bond donors (Lipinski definition) is 1. The molecule has 0 amide bonds. The summed E-state index contributed by atoms with van der Waals surface area (Å²) in [6.07, 6.45) is 3.11. The summed E-state index contributed by atoms with van der Waals surface area (Å²) >= 11 is 3.54. The number of rotatable bonds is 6. The van der Waals surface area contributed by atoms with E-state index in [9.17, 15) is 8.42 Å². The van der Waals surface area contributed by atoms with Crippen LogP contribution in [0.2, 0.25) is 0 Å². The van der Waals surface area contributed by atoms with Crippen LogP contribution >= 0.6 is 15.9 Å². The van der Waals surface area contributed by atoms with E-state index in [4.69, 9.17) is 0 Å². The Bertz CT molecular complexity index is 820. The Morgan fingerprint density at radius 3 is 2.50 bits per heavy atom. The smallest absolute Gasteiger partial charge is 0.278 e. The Kier molecular flexibility index (Phi) is 5.79. The molecule has 1 N–H and O–H groups in total. The average molecular weight is 416 g/mol. The van der Waals surface area contributed by atoms with Gasteiger partial charge in [-0.25, -0.2) is 4.72 Å². The minimum atomic E-state index is -3.39. The van der Waals surface area contributed by atoms with Crippen LogP contribution in [0.4, 0.5) is 0 Å². The highest BCUT2D eigenvalue weighted by Crippen LogP contribution is 2.30. The molecule has 0 aliphatic carbocycles. The van der Waals surface area contributed by atoms with E-state index in [2.05, 4.69) is 64.3 Å². The fourth-order valence-electron chi connectivity index (χ4n) is 2.66. The first kappa shape index (κ1) is 19.4. The quantitative estimate of drug-likeness (QED) is 0.785. The van der Waals surface area contributed by atoms with Gasteiger partial charge in [-0.2, -0.15) is 12.7 Å². The summed E-state index contributed by atoms with van der Waals surface area (Å²) in [6.45, 7) is 7.61. The summed E-state index contributed by atoms with van der Waals surface area (Å²) in [5.74, 6) is 0. The molecule has 5 nitrogen and oxygen atoms in total. The van der Waals surface area contributed by atoms with Crippen LogP contribution in [0.3, 0.4) is 0 Å². The molecule has 1 aromatic heterocycles. The lowest BCUT2D eigenvalue weighted by atomic mass is 9.88. The van der Waals surface area contributed by atoms with Gasteiger partial charge in [-0.1, -0.05) is 36.7 Å². The third-order valence-corrected chi connectivity index (χ3v) is 5.79. The van der Waals surface area contributed by atoms with Crippen LogP contribution in [0.25, 0.3) is 10.9 Å². The number of nitrogens with zero attached hydrogens (tertiary/aromatic N) is 2. The van der Waals surface area contributed by atoms with E-state index in [1.165, 1.54) is 29.4 Å². The minimum absolute atomic E-state index is 0.188. The third-order valence-electron chi connectivity index (χ3n) is 3.76. The van der Waals surface area contributed by atoms with Crippen molar-refractivity contribution < 1.29 is 8.42 Å². The molecule has 2 aromatic rings. The van der Waals surface area contributed by atoms with E-state index in [1.807, 2.05) is 6.07 Å². The summed E-state index contributed by atoms with van der Waals surface area (Å²) in [4.78, 5) is 0. The van der Waals surface area contributed by atoms with Crippen LogP contribution in [-0.4, -0.2) is 37.9 Å². The standard InChI is InChI=1S/C17H26BrN3O2S/c1-17(2,3)11-13-12-21(9-8-19-24(22,23)20(4)5)16-7-6-14(18)10-15(13)16/h6-7,10,12,19H,8-9,11H2,1-5H3. The van der Waals surface area contributed by atoms with Gasteiger partial charge < -0.3 is 4.57 Å². The van der Waals surface area contributed by atoms with Crippen molar-refractivity contribution in [3.8, 4) is 0 Å². The van der Waals surface area contributed by atoms with E-state index >= 15 is 0 Å². The second-order valence-corrected chi connectivity index (χ2v) is 10.3. The maximum Gasteiger partial charge on any atom is 0.278 e. The van der Waals surface area contributed by atoms with Crippen molar-refractivity contribution in [2.75, 3.05) is 20.6 Å². The first-order valence-corrected chi connectivity index (χ1v) is 10.2. The van der Waals surface area contributed by atoms with Crippen molar-refractivity contribution in [2.24, 2.45) is 5.41 Å². The molecule has 0 saturated heterocycles. The van der Waals surface area contributed by atoms with Crippen LogP contribution in [0.5, 0.6) is 0 Å². The molecule has 134 valence electrons. The van der Waals surface area contributed by atoms with Crippen molar-refractivity contribution in [3.05, 3.63) is 34.4 Å². The summed E-state index contributed by atoms with van der Waals surface area (Å²) in [6, 6.07) is 6.23. The van der Waals surface area contributed by atoms with Gasteiger partial charge in [0.15, 0.2) is 0 Å². The monoisotopic (exact) mass is 415 g/mol.